The zero-order chi connectivity index (χ0) is 17.6. The van der Waals surface area contributed by atoms with E-state index in [4.69, 9.17) is 0 Å². The molecule has 0 unspecified atom stereocenters. The number of nitrogens with one attached hydrogen (secondary N) is 2. The van der Waals surface area contributed by atoms with Gasteiger partial charge in [0.25, 0.3) is 0 Å². The lowest BCUT2D eigenvalue weighted by molar-refractivity contribution is -0.111. The minimum Gasteiger partial charge on any atom is -0.378 e. The van der Waals surface area contributed by atoms with E-state index >= 15 is 0 Å². The van der Waals surface area contributed by atoms with Crippen LogP contribution in [0.5, 0.6) is 0 Å². The quantitative estimate of drug-likeness (QED) is 0.640. The number of carbonyl (C=O) groups excluding carboxylic acids is 1. The first-order valence-electron chi connectivity index (χ1n) is 7.93. The Morgan fingerprint density at radius 1 is 1.16 bits per heavy atom. The van der Waals surface area contributed by atoms with Crippen LogP contribution in [0.25, 0.3) is 0 Å². The van der Waals surface area contributed by atoms with E-state index in [0.717, 1.165) is 26.7 Å². The number of anilines is 2. The monoisotopic (exact) mass is 352 g/mol. The smallest absolute Gasteiger partial charge is 0.249 e. The third kappa shape index (κ3) is 4.64. The highest BCUT2D eigenvalue weighted by atomic mass is 32.2. The van der Waals surface area contributed by atoms with Gasteiger partial charge in [0.15, 0.2) is 0 Å². The molecule has 6 heteroatoms. The first-order valence-corrected chi connectivity index (χ1v) is 8.75. The average molecular weight is 352 g/mol. The molecule has 0 saturated carbocycles. The Labute approximate surface area is 151 Å². The van der Waals surface area contributed by atoms with Crippen LogP contribution in [0.15, 0.2) is 69.5 Å². The van der Waals surface area contributed by atoms with Gasteiger partial charge >= 0.3 is 0 Å². The van der Waals surface area contributed by atoms with E-state index in [0.29, 0.717) is 6.54 Å². The number of rotatable bonds is 5. The molecule has 1 amide bonds. The third-order valence-electron chi connectivity index (χ3n) is 3.65. The summed E-state index contributed by atoms with van der Waals surface area (Å²) in [6.45, 7) is 0.499. The Balaban J connectivity index is 1.59. The minimum absolute atomic E-state index is 0.113. The van der Waals surface area contributed by atoms with Crippen LogP contribution in [0, 0.1) is 0 Å². The third-order valence-corrected chi connectivity index (χ3v) is 4.75. The second-order valence-electron chi connectivity index (χ2n) is 5.78. The molecule has 1 aliphatic heterocycles. The second kappa shape index (κ2) is 7.90. The van der Waals surface area contributed by atoms with E-state index in [2.05, 4.69) is 20.7 Å². The highest BCUT2D eigenvalue weighted by Gasteiger charge is 2.13. The molecule has 0 aromatic heterocycles. The van der Waals surface area contributed by atoms with Crippen molar-refractivity contribution in [2.75, 3.05) is 30.9 Å². The summed E-state index contributed by atoms with van der Waals surface area (Å²) in [6.07, 6.45) is 3.38. The van der Waals surface area contributed by atoms with Gasteiger partial charge in [-0.2, -0.15) is 5.10 Å². The lowest BCUT2D eigenvalue weighted by atomic mass is 10.2. The predicted octanol–water partition coefficient (Wildman–Crippen LogP) is 3.30. The molecule has 0 saturated heterocycles. The van der Waals surface area contributed by atoms with Crippen LogP contribution >= 0.6 is 11.8 Å². The summed E-state index contributed by atoms with van der Waals surface area (Å²) in [6, 6.07) is 15.9. The van der Waals surface area contributed by atoms with Crippen molar-refractivity contribution in [1.82, 2.24) is 5.43 Å². The van der Waals surface area contributed by atoms with E-state index in [1.807, 2.05) is 62.6 Å². The number of fused-ring (bicyclic) bond motifs is 1. The number of nitrogens with zero attached hydrogens (tertiary/aromatic N) is 2. The van der Waals surface area contributed by atoms with Gasteiger partial charge < -0.3 is 15.6 Å². The molecule has 0 bridgehead atoms. The summed E-state index contributed by atoms with van der Waals surface area (Å²) >= 11 is 1.57. The number of benzene rings is 2. The lowest BCUT2D eigenvalue weighted by Crippen LogP contribution is -2.11. The van der Waals surface area contributed by atoms with Gasteiger partial charge in [-0.3, -0.25) is 4.79 Å². The molecule has 0 fully saturated rings. The minimum atomic E-state index is -0.113. The molecule has 1 aliphatic rings. The first-order chi connectivity index (χ1) is 12.1. The molecular weight excluding hydrogens is 332 g/mol. The van der Waals surface area contributed by atoms with Crippen molar-refractivity contribution in [3.63, 3.8) is 0 Å². The van der Waals surface area contributed by atoms with Gasteiger partial charge in [0.05, 0.1) is 18.4 Å². The number of hydrogen-bond acceptors (Lipinski definition) is 5. The van der Waals surface area contributed by atoms with Crippen LogP contribution in [0.3, 0.4) is 0 Å². The molecule has 3 rings (SSSR count). The molecule has 2 N–H and O–H groups in total. The van der Waals surface area contributed by atoms with E-state index < -0.39 is 0 Å². The molecule has 5 nitrogen and oxygen atoms in total. The maximum absolute atomic E-state index is 11.9. The number of carbonyl (C=O) groups is 1. The molecule has 2 aromatic carbocycles. The SMILES string of the molecule is CN(C)c1ccc(/C=N/NCC2=CC(=O)Nc3ccccc3S2)cc1. The van der Waals surface area contributed by atoms with Crippen LogP contribution < -0.4 is 15.6 Å². The van der Waals surface area contributed by atoms with E-state index in [-0.39, 0.29) is 5.91 Å². The highest BCUT2D eigenvalue weighted by Crippen LogP contribution is 2.34. The molecule has 2 aromatic rings. The molecule has 128 valence electrons. The molecule has 0 atom stereocenters. The highest BCUT2D eigenvalue weighted by molar-refractivity contribution is 8.03. The maximum Gasteiger partial charge on any atom is 0.249 e. The summed E-state index contributed by atoms with van der Waals surface area (Å²) in [5.74, 6) is -0.113. The normalized spacial score (nSPS) is 13.7. The Morgan fingerprint density at radius 2 is 1.92 bits per heavy atom. The van der Waals surface area contributed by atoms with Crippen molar-refractivity contribution in [3.8, 4) is 0 Å². The molecular formula is C19H20N4OS. The number of amides is 1. The van der Waals surface area contributed by atoms with Gasteiger partial charge in [-0.25, -0.2) is 0 Å². The fourth-order valence-electron chi connectivity index (χ4n) is 2.33. The van der Waals surface area contributed by atoms with Crippen molar-refractivity contribution in [2.45, 2.75) is 4.90 Å². The zero-order valence-electron chi connectivity index (χ0n) is 14.2. The van der Waals surface area contributed by atoms with Gasteiger partial charge in [0.2, 0.25) is 5.91 Å². The molecule has 0 aliphatic carbocycles. The van der Waals surface area contributed by atoms with Crippen molar-refractivity contribution in [2.24, 2.45) is 5.10 Å². The summed E-state index contributed by atoms with van der Waals surface area (Å²) in [5, 5.41) is 7.12. The summed E-state index contributed by atoms with van der Waals surface area (Å²) < 4.78 is 0. The summed E-state index contributed by atoms with van der Waals surface area (Å²) in [4.78, 5) is 15.9. The van der Waals surface area contributed by atoms with Gasteiger partial charge in [0.1, 0.15) is 0 Å². The number of hydrazone groups is 1. The molecule has 25 heavy (non-hydrogen) atoms. The predicted molar refractivity (Wildman–Crippen MR) is 105 cm³/mol. The number of para-hydroxylation sites is 1. The topological polar surface area (TPSA) is 56.7 Å². The van der Waals surface area contributed by atoms with Crippen LogP contribution in [0.1, 0.15) is 5.56 Å². The second-order valence-corrected chi connectivity index (χ2v) is 6.95. The van der Waals surface area contributed by atoms with Crippen LogP contribution in [-0.4, -0.2) is 32.8 Å². The lowest BCUT2D eigenvalue weighted by Gasteiger charge is -2.11. The maximum atomic E-state index is 11.9. The van der Waals surface area contributed by atoms with Crippen molar-refractivity contribution < 1.29 is 4.79 Å². The summed E-state index contributed by atoms with van der Waals surface area (Å²) in [5.41, 5.74) is 6.02. The number of thioether (sulfide) groups is 1. The molecule has 1 heterocycles. The van der Waals surface area contributed by atoms with Gasteiger partial charge in [-0.05, 0) is 29.8 Å². The first kappa shape index (κ1) is 17.1. The van der Waals surface area contributed by atoms with E-state index in [9.17, 15) is 4.79 Å². The summed E-state index contributed by atoms with van der Waals surface area (Å²) in [7, 11) is 4.02. The van der Waals surface area contributed by atoms with Crippen molar-refractivity contribution in [3.05, 3.63) is 65.1 Å². The molecule has 0 spiro atoms. The van der Waals surface area contributed by atoms with E-state index in [1.54, 1.807) is 24.1 Å². The Morgan fingerprint density at radius 3 is 2.68 bits per heavy atom. The van der Waals surface area contributed by atoms with Crippen molar-refractivity contribution in [1.29, 1.82) is 0 Å². The van der Waals surface area contributed by atoms with Crippen LogP contribution in [0.4, 0.5) is 11.4 Å². The molecule has 0 radical (unpaired) electrons. The largest absolute Gasteiger partial charge is 0.378 e. The average Bonchev–Trinajstić information content (AvgIpc) is 2.76. The van der Waals surface area contributed by atoms with Crippen molar-refractivity contribution >= 4 is 35.3 Å². The number of hydrogen-bond donors (Lipinski definition) is 2. The fourth-order valence-corrected chi connectivity index (χ4v) is 3.29. The van der Waals surface area contributed by atoms with Crippen LogP contribution in [-0.2, 0) is 4.79 Å². The van der Waals surface area contributed by atoms with Crippen LogP contribution in [0.2, 0.25) is 0 Å². The standard InChI is InChI=1S/C19H20N4OS/c1-23(2)15-9-7-14(8-10-15)12-20-21-13-16-11-19(24)22-17-5-3-4-6-18(17)25-16/h3-12,21H,13H2,1-2H3,(H,22,24)/b20-12+. The van der Waals surface area contributed by atoms with Gasteiger partial charge in [-0.15, -0.1) is 0 Å². The fraction of sp³-hybridized carbons (Fsp3) is 0.158. The Kier molecular flexibility index (Phi) is 5.40. The van der Waals surface area contributed by atoms with Gasteiger partial charge in [-0.1, -0.05) is 36.0 Å². The zero-order valence-corrected chi connectivity index (χ0v) is 15.0. The Hall–Kier alpha value is -2.73. The Bertz CT molecular complexity index is 812. The van der Waals surface area contributed by atoms with E-state index in [1.165, 1.54) is 0 Å². The van der Waals surface area contributed by atoms with Gasteiger partial charge in [0, 0.05) is 35.7 Å².